The number of nitrogens with one attached hydrogen (secondary N) is 3. The Labute approximate surface area is 114 Å². The summed E-state index contributed by atoms with van der Waals surface area (Å²) < 4.78 is 0. The summed E-state index contributed by atoms with van der Waals surface area (Å²) in [5.74, 6) is 0.549. The fraction of sp³-hybridized carbons (Fsp3) is 0.429. The highest BCUT2D eigenvalue weighted by atomic mass is 16.1. The van der Waals surface area contributed by atoms with Crippen LogP contribution in [-0.4, -0.2) is 31.5 Å². The molecule has 0 aliphatic rings. The van der Waals surface area contributed by atoms with Crippen molar-refractivity contribution < 1.29 is 4.79 Å². The zero-order valence-electron chi connectivity index (χ0n) is 11.6. The smallest absolute Gasteiger partial charge is 0.246 e. The molecule has 0 aromatic heterocycles. The van der Waals surface area contributed by atoms with E-state index in [-0.39, 0.29) is 12.5 Å². The van der Waals surface area contributed by atoms with Crippen LogP contribution in [0, 0.1) is 0 Å². The van der Waals surface area contributed by atoms with Gasteiger partial charge < -0.3 is 16.0 Å². The Morgan fingerprint density at radius 2 is 1.89 bits per heavy atom. The summed E-state index contributed by atoms with van der Waals surface area (Å²) in [7, 11) is 0. The van der Waals surface area contributed by atoms with E-state index < -0.39 is 0 Å². The molecule has 1 rings (SSSR count). The average molecular weight is 262 g/mol. The molecule has 1 amide bonds. The Hall–Kier alpha value is -2.04. The number of amides is 1. The van der Waals surface area contributed by atoms with Crippen LogP contribution in [0.4, 0.5) is 5.69 Å². The van der Waals surface area contributed by atoms with Gasteiger partial charge in [-0.05, 0) is 25.5 Å². The van der Waals surface area contributed by atoms with Crippen molar-refractivity contribution in [2.75, 3.05) is 25.0 Å². The molecule has 0 saturated carbocycles. The minimum Gasteiger partial charge on any atom is -0.357 e. The van der Waals surface area contributed by atoms with E-state index in [1.165, 1.54) is 0 Å². The molecule has 0 aliphatic carbocycles. The van der Waals surface area contributed by atoms with Gasteiger partial charge in [-0.15, -0.1) is 0 Å². The first-order chi connectivity index (χ1) is 9.26. The fourth-order valence-corrected chi connectivity index (χ4v) is 1.46. The zero-order valence-corrected chi connectivity index (χ0v) is 11.6. The van der Waals surface area contributed by atoms with Crippen molar-refractivity contribution in [3.8, 4) is 0 Å². The minimum atomic E-state index is -0.125. The molecule has 0 fully saturated rings. The van der Waals surface area contributed by atoms with Gasteiger partial charge in [-0.25, -0.2) is 4.99 Å². The van der Waals surface area contributed by atoms with Gasteiger partial charge in [-0.3, -0.25) is 4.79 Å². The number of rotatable bonds is 6. The molecule has 5 nitrogen and oxygen atoms in total. The van der Waals surface area contributed by atoms with Crippen LogP contribution >= 0.6 is 0 Å². The Bertz CT molecular complexity index is 403. The first-order valence-electron chi connectivity index (χ1n) is 6.63. The fourth-order valence-electron chi connectivity index (χ4n) is 1.46. The molecule has 3 N–H and O–H groups in total. The van der Waals surface area contributed by atoms with Gasteiger partial charge in [-0.2, -0.15) is 0 Å². The number of guanidine groups is 1. The van der Waals surface area contributed by atoms with E-state index in [0.29, 0.717) is 5.96 Å². The maximum Gasteiger partial charge on any atom is 0.246 e. The minimum absolute atomic E-state index is 0.105. The third-order valence-corrected chi connectivity index (χ3v) is 2.32. The summed E-state index contributed by atoms with van der Waals surface area (Å²) in [4.78, 5) is 16.0. The van der Waals surface area contributed by atoms with Gasteiger partial charge in [0.05, 0.1) is 0 Å². The number of hydrogen-bond donors (Lipinski definition) is 3. The van der Waals surface area contributed by atoms with Crippen LogP contribution in [0.25, 0.3) is 0 Å². The lowest BCUT2D eigenvalue weighted by Crippen LogP contribution is -2.38. The molecule has 0 saturated heterocycles. The normalized spacial score (nSPS) is 10.9. The van der Waals surface area contributed by atoms with Crippen molar-refractivity contribution >= 4 is 17.6 Å². The van der Waals surface area contributed by atoms with Crippen LogP contribution in [0.1, 0.15) is 20.3 Å². The van der Waals surface area contributed by atoms with Gasteiger partial charge in [-0.1, -0.05) is 25.1 Å². The van der Waals surface area contributed by atoms with Crippen LogP contribution in [0.2, 0.25) is 0 Å². The van der Waals surface area contributed by atoms with Gasteiger partial charge in [0.2, 0.25) is 5.91 Å². The Morgan fingerprint density at radius 3 is 2.53 bits per heavy atom. The van der Waals surface area contributed by atoms with Crippen LogP contribution in [0.15, 0.2) is 35.3 Å². The number of para-hydroxylation sites is 1. The first-order valence-corrected chi connectivity index (χ1v) is 6.63. The first kappa shape index (κ1) is 15.0. The maximum atomic E-state index is 11.7. The number of nitrogens with zero attached hydrogens (tertiary/aromatic N) is 1. The SMILES string of the molecule is CCCNC(=NCC(=O)Nc1ccccc1)NCC. The highest BCUT2D eigenvalue weighted by molar-refractivity contribution is 5.94. The Balaban J connectivity index is 2.45. The van der Waals surface area contributed by atoms with E-state index in [0.717, 1.165) is 25.2 Å². The number of carbonyl (C=O) groups is 1. The van der Waals surface area contributed by atoms with E-state index in [4.69, 9.17) is 0 Å². The van der Waals surface area contributed by atoms with Crippen LogP contribution in [-0.2, 0) is 4.79 Å². The quantitative estimate of drug-likeness (QED) is 0.539. The molecule has 1 aromatic carbocycles. The third kappa shape index (κ3) is 6.45. The number of anilines is 1. The summed E-state index contributed by atoms with van der Waals surface area (Å²) in [5.41, 5.74) is 0.786. The Morgan fingerprint density at radius 1 is 1.16 bits per heavy atom. The topological polar surface area (TPSA) is 65.5 Å². The summed E-state index contributed by atoms with van der Waals surface area (Å²) in [6.45, 7) is 5.79. The molecule has 0 bridgehead atoms. The van der Waals surface area contributed by atoms with E-state index in [1.807, 2.05) is 37.3 Å². The number of benzene rings is 1. The molecule has 0 spiro atoms. The largest absolute Gasteiger partial charge is 0.357 e. The van der Waals surface area contributed by atoms with Crippen molar-refractivity contribution in [2.24, 2.45) is 4.99 Å². The molecular formula is C14H22N4O. The lowest BCUT2D eigenvalue weighted by molar-refractivity contribution is -0.114. The van der Waals surface area contributed by atoms with Crippen molar-refractivity contribution in [3.63, 3.8) is 0 Å². The lowest BCUT2D eigenvalue weighted by atomic mass is 10.3. The van der Waals surface area contributed by atoms with Crippen LogP contribution in [0.3, 0.4) is 0 Å². The van der Waals surface area contributed by atoms with Crippen molar-refractivity contribution in [1.82, 2.24) is 10.6 Å². The summed E-state index contributed by atoms with van der Waals surface area (Å²) in [6.07, 6.45) is 1.01. The number of carbonyl (C=O) groups excluding carboxylic acids is 1. The molecule has 0 radical (unpaired) electrons. The van der Waals surface area contributed by atoms with E-state index in [1.54, 1.807) is 0 Å². The third-order valence-electron chi connectivity index (χ3n) is 2.32. The van der Waals surface area contributed by atoms with Gasteiger partial charge in [0.25, 0.3) is 0 Å². The van der Waals surface area contributed by atoms with Crippen LogP contribution in [0.5, 0.6) is 0 Å². The maximum absolute atomic E-state index is 11.7. The molecule has 0 unspecified atom stereocenters. The summed E-state index contributed by atoms with van der Waals surface area (Å²) in [6, 6.07) is 9.37. The van der Waals surface area contributed by atoms with Gasteiger partial charge >= 0.3 is 0 Å². The molecule has 0 aliphatic heterocycles. The zero-order chi connectivity index (χ0) is 13.9. The van der Waals surface area contributed by atoms with Gasteiger partial charge in [0.1, 0.15) is 6.54 Å². The molecule has 5 heteroatoms. The van der Waals surface area contributed by atoms with Crippen molar-refractivity contribution in [2.45, 2.75) is 20.3 Å². The molecule has 19 heavy (non-hydrogen) atoms. The van der Waals surface area contributed by atoms with Crippen molar-refractivity contribution in [3.05, 3.63) is 30.3 Å². The number of hydrogen-bond acceptors (Lipinski definition) is 2. The van der Waals surface area contributed by atoms with Crippen LogP contribution < -0.4 is 16.0 Å². The van der Waals surface area contributed by atoms with Gasteiger partial charge in [0.15, 0.2) is 5.96 Å². The predicted octanol–water partition coefficient (Wildman–Crippen LogP) is 1.59. The molecule has 104 valence electrons. The van der Waals surface area contributed by atoms with Crippen molar-refractivity contribution in [1.29, 1.82) is 0 Å². The van der Waals surface area contributed by atoms with E-state index in [9.17, 15) is 4.79 Å². The number of aliphatic imine (C=N–C) groups is 1. The van der Waals surface area contributed by atoms with E-state index in [2.05, 4.69) is 27.9 Å². The summed E-state index contributed by atoms with van der Waals surface area (Å²) >= 11 is 0. The average Bonchev–Trinajstić information content (AvgIpc) is 2.43. The second-order valence-corrected chi connectivity index (χ2v) is 4.04. The monoisotopic (exact) mass is 262 g/mol. The molecule has 1 aromatic rings. The summed E-state index contributed by atoms with van der Waals surface area (Å²) in [5, 5.41) is 9.04. The predicted molar refractivity (Wildman–Crippen MR) is 79.3 cm³/mol. The molecular weight excluding hydrogens is 240 g/mol. The molecule has 0 heterocycles. The van der Waals surface area contributed by atoms with Gasteiger partial charge in [0, 0.05) is 18.8 Å². The second kappa shape index (κ2) is 8.97. The highest BCUT2D eigenvalue weighted by Crippen LogP contribution is 2.04. The second-order valence-electron chi connectivity index (χ2n) is 4.04. The standard InChI is InChI=1S/C14H22N4O/c1-3-10-16-14(15-4-2)17-11-13(19)18-12-8-6-5-7-9-12/h5-9H,3-4,10-11H2,1-2H3,(H,18,19)(H2,15,16,17). The lowest BCUT2D eigenvalue weighted by Gasteiger charge is -2.10. The highest BCUT2D eigenvalue weighted by Gasteiger charge is 2.02. The Kier molecular flexibility index (Phi) is 7.09. The molecule has 0 atom stereocenters. The van der Waals surface area contributed by atoms with E-state index >= 15 is 0 Å².